The summed E-state index contributed by atoms with van der Waals surface area (Å²) in [4.78, 5) is 0. The van der Waals surface area contributed by atoms with Gasteiger partial charge in [0.25, 0.3) is 0 Å². The van der Waals surface area contributed by atoms with E-state index in [9.17, 15) is 0 Å². The highest BCUT2D eigenvalue weighted by molar-refractivity contribution is 6.16. The van der Waals surface area contributed by atoms with Gasteiger partial charge >= 0.3 is 0 Å². The molecule has 2 heterocycles. The molecule has 2 aromatic heterocycles. The van der Waals surface area contributed by atoms with Gasteiger partial charge in [0, 0.05) is 38.3 Å². The summed E-state index contributed by atoms with van der Waals surface area (Å²) in [6.07, 6.45) is 0. The van der Waals surface area contributed by atoms with Crippen LogP contribution in [0.1, 0.15) is 25.0 Å². The largest absolute Gasteiger partial charge is 0.309 e. The van der Waals surface area contributed by atoms with Gasteiger partial charge in [-0.15, -0.1) is 0 Å². The van der Waals surface area contributed by atoms with E-state index < -0.39 is 0 Å². The molecule has 0 radical (unpaired) electrons. The predicted octanol–water partition coefficient (Wildman–Crippen LogP) is 14.7. The third-order valence-electron chi connectivity index (χ3n) is 12.7. The van der Waals surface area contributed by atoms with Gasteiger partial charge in [-0.05, 0) is 116 Å². The lowest BCUT2D eigenvalue weighted by Crippen LogP contribution is -2.15. The van der Waals surface area contributed by atoms with Gasteiger partial charge in [-0.25, -0.2) is 0 Å². The fourth-order valence-corrected chi connectivity index (χ4v) is 10.0. The summed E-state index contributed by atoms with van der Waals surface area (Å²) in [6.45, 7) is 4.80. The Morgan fingerprint density at radius 3 is 1.75 bits per heavy atom. The minimum absolute atomic E-state index is 0.149. The van der Waals surface area contributed by atoms with Crippen LogP contribution in [-0.2, 0) is 5.41 Å². The Bertz CT molecular complexity index is 3410. The zero-order valence-electron chi connectivity index (χ0n) is 31.9. The van der Waals surface area contributed by atoms with Crippen LogP contribution in [0, 0.1) is 0 Å². The zero-order chi connectivity index (χ0) is 37.8. The van der Waals surface area contributed by atoms with Crippen LogP contribution in [0.4, 0.5) is 0 Å². The van der Waals surface area contributed by atoms with E-state index in [-0.39, 0.29) is 5.41 Å². The van der Waals surface area contributed by atoms with Gasteiger partial charge in [0.1, 0.15) is 0 Å². The van der Waals surface area contributed by atoms with Crippen LogP contribution in [-0.4, -0.2) is 9.13 Å². The molecule has 2 heteroatoms. The molecule has 11 aromatic rings. The van der Waals surface area contributed by atoms with Crippen molar-refractivity contribution >= 4 is 54.4 Å². The van der Waals surface area contributed by atoms with E-state index >= 15 is 0 Å². The third kappa shape index (κ3) is 4.65. The van der Waals surface area contributed by atoms with E-state index in [1.165, 1.54) is 105 Å². The Hall–Kier alpha value is -7.16. The van der Waals surface area contributed by atoms with Crippen LogP contribution < -0.4 is 0 Å². The molecule has 2 nitrogen and oxygen atoms in total. The zero-order valence-corrected chi connectivity index (χ0v) is 31.9. The molecule has 1 aliphatic carbocycles. The molecule has 0 spiro atoms. The number of hydrogen-bond acceptors (Lipinski definition) is 0. The first-order valence-corrected chi connectivity index (χ1v) is 19.9. The molecular formula is C55H38N2. The maximum absolute atomic E-state index is 2.49. The van der Waals surface area contributed by atoms with Crippen molar-refractivity contribution in [3.8, 4) is 44.8 Å². The third-order valence-corrected chi connectivity index (χ3v) is 12.7. The van der Waals surface area contributed by atoms with Gasteiger partial charge in [0.15, 0.2) is 0 Å². The Labute approximate surface area is 331 Å². The van der Waals surface area contributed by atoms with E-state index in [1.54, 1.807) is 0 Å². The van der Waals surface area contributed by atoms with E-state index in [2.05, 4.69) is 217 Å². The maximum Gasteiger partial charge on any atom is 0.0544 e. The van der Waals surface area contributed by atoms with Crippen LogP contribution >= 0.6 is 0 Å². The van der Waals surface area contributed by atoms with Gasteiger partial charge in [0.05, 0.1) is 22.1 Å². The van der Waals surface area contributed by atoms with E-state index in [1.807, 2.05) is 0 Å². The van der Waals surface area contributed by atoms with E-state index in [0.29, 0.717) is 0 Å². The summed E-state index contributed by atoms with van der Waals surface area (Å²) in [5, 5.41) is 7.64. The summed E-state index contributed by atoms with van der Waals surface area (Å²) in [5.74, 6) is 0. The average molecular weight is 727 g/mol. The molecule has 0 saturated heterocycles. The monoisotopic (exact) mass is 726 g/mol. The van der Waals surface area contributed by atoms with E-state index in [4.69, 9.17) is 0 Å². The number of aromatic nitrogens is 2. The van der Waals surface area contributed by atoms with Crippen molar-refractivity contribution in [1.82, 2.24) is 9.13 Å². The molecule has 0 amide bonds. The topological polar surface area (TPSA) is 9.86 Å². The first-order chi connectivity index (χ1) is 28.0. The normalized spacial score (nSPS) is 13.2. The molecule has 0 N–H and O–H groups in total. The van der Waals surface area contributed by atoms with Crippen LogP contribution in [0.5, 0.6) is 0 Å². The fourth-order valence-electron chi connectivity index (χ4n) is 10.0. The van der Waals surface area contributed by atoms with Gasteiger partial charge < -0.3 is 9.13 Å². The van der Waals surface area contributed by atoms with Crippen LogP contribution in [0.3, 0.4) is 0 Å². The van der Waals surface area contributed by atoms with Crippen molar-refractivity contribution in [2.24, 2.45) is 0 Å². The maximum atomic E-state index is 2.49. The summed E-state index contributed by atoms with van der Waals surface area (Å²) in [6, 6.07) is 71.8. The number of hydrogen-bond donors (Lipinski definition) is 0. The molecular weight excluding hydrogens is 689 g/mol. The highest BCUT2D eigenvalue weighted by atomic mass is 15.0. The minimum atomic E-state index is -0.149. The number of para-hydroxylation sites is 1. The smallest absolute Gasteiger partial charge is 0.0544 e. The molecule has 1 aliphatic rings. The lowest BCUT2D eigenvalue weighted by molar-refractivity contribution is 0.666. The summed E-state index contributed by atoms with van der Waals surface area (Å²) >= 11 is 0. The summed E-state index contributed by atoms with van der Waals surface area (Å²) in [7, 11) is 0. The SMILES string of the molecule is CC1(C)c2ccccc2-c2ccc3c(c21)c1cc(-c2ccc4c(c2)c2ccccc2n4-c2ccc(-c4ccccc4)cc2)ccc1n3-c1ccc2ccccc2c1. The fraction of sp³-hybridized carbons (Fsp3) is 0.0545. The first kappa shape index (κ1) is 32.1. The Kier molecular flexibility index (Phi) is 6.72. The highest BCUT2D eigenvalue weighted by Gasteiger charge is 2.38. The number of rotatable bonds is 4. The van der Waals surface area contributed by atoms with Gasteiger partial charge in [-0.1, -0.05) is 147 Å². The molecule has 0 saturated carbocycles. The average Bonchev–Trinajstić information content (AvgIpc) is 3.86. The quantitative estimate of drug-likeness (QED) is 0.171. The minimum Gasteiger partial charge on any atom is -0.309 e. The molecule has 268 valence electrons. The van der Waals surface area contributed by atoms with Gasteiger partial charge in [-0.3, -0.25) is 0 Å². The van der Waals surface area contributed by atoms with Crippen molar-refractivity contribution in [3.63, 3.8) is 0 Å². The predicted molar refractivity (Wildman–Crippen MR) is 241 cm³/mol. The van der Waals surface area contributed by atoms with E-state index in [0.717, 1.165) is 5.69 Å². The first-order valence-electron chi connectivity index (χ1n) is 19.9. The van der Waals surface area contributed by atoms with Gasteiger partial charge in [-0.2, -0.15) is 0 Å². The van der Waals surface area contributed by atoms with Crippen LogP contribution in [0.2, 0.25) is 0 Å². The molecule has 0 fully saturated rings. The van der Waals surface area contributed by atoms with Crippen molar-refractivity contribution in [2.75, 3.05) is 0 Å². The van der Waals surface area contributed by atoms with Crippen molar-refractivity contribution in [1.29, 1.82) is 0 Å². The molecule has 0 bridgehead atoms. The Morgan fingerprint density at radius 1 is 0.351 bits per heavy atom. The summed E-state index contributed by atoms with van der Waals surface area (Å²) < 4.78 is 4.90. The lowest BCUT2D eigenvalue weighted by atomic mass is 9.80. The van der Waals surface area contributed by atoms with Crippen molar-refractivity contribution in [3.05, 3.63) is 205 Å². The second-order valence-corrected chi connectivity index (χ2v) is 16.1. The molecule has 12 rings (SSSR count). The standard InChI is InChI=1S/C55H38N2/c1-55(2)48-18-10-8-16-43(48)45-28-31-52-53(54(45)55)47-34-40(24-30-51(47)57(52)42-27-22-36-14-6-7-15-38(36)32-42)39-23-29-50-46(33-39)44-17-9-11-19-49(44)56(50)41-25-20-37(21-26-41)35-12-4-3-5-13-35/h3-34H,1-2H3. The van der Waals surface area contributed by atoms with Crippen molar-refractivity contribution in [2.45, 2.75) is 19.3 Å². The molecule has 0 aliphatic heterocycles. The molecule has 0 atom stereocenters. The molecule has 57 heavy (non-hydrogen) atoms. The molecule has 0 unspecified atom stereocenters. The van der Waals surface area contributed by atoms with Crippen LogP contribution in [0.25, 0.3) is 99.1 Å². The summed E-state index contributed by atoms with van der Waals surface area (Å²) in [5.41, 5.74) is 17.5. The second kappa shape index (κ2) is 11.9. The lowest BCUT2D eigenvalue weighted by Gasteiger charge is -2.22. The number of nitrogens with zero attached hydrogens (tertiary/aromatic N) is 2. The van der Waals surface area contributed by atoms with Gasteiger partial charge in [0.2, 0.25) is 0 Å². The van der Waals surface area contributed by atoms with Crippen LogP contribution in [0.15, 0.2) is 194 Å². The number of fused-ring (bicyclic) bond motifs is 11. The number of benzene rings is 9. The second-order valence-electron chi connectivity index (χ2n) is 16.1. The highest BCUT2D eigenvalue weighted by Crippen LogP contribution is 2.53. The molecule has 9 aromatic carbocycles. The Balaban J connectivity index is 1.07. The Morgan fingerprint density at radius 2 is 0.930 bits per heavy atom. The van der Waals surface area contributed by atoms with Crippen molar-refractivity contribution < 1.29 is 0 Å².